The van der Waals surface area contributed by atoms with Gasteiger partial charge in [-0.2, -0.15) is 0 Å². The third-order valence-corrected chi connectivity index (χ3v) is 4.24. The average Bonchev–Trinajstić information content (AvgIpc) is 2.17. The van der Waals surface area contributed by atoms with Crippen molar-refractivity contribution in [1.82, 2.24) is 0 Å². The van der Waals surface area contributed by atoms with E-state index in [-0.39, 0.29) is 6.04 Å². The molecule has 0 heterocycles. The number of hydrogen-bond acceptors (Lipinski definition) is 2. The molecule has 1 aromatic carbocycles. The zero-order valence-electron chi connectivity index (χ0n) is 9.31. The van der Waals surface area contributed by atoms with Crippen LogP contribution in [-0.2, 0) is 0 Å². The minimum absolute atomic E-state index is 0.137. The third kappa shape index (κ3) is 3.27. The van der Waals surface area contributed by atoms with Crippen LogP contribution in [0, 0.1) is 0 Å². The number of nitrogens with one attached hydrogen (secondary N) is 1. The Hall–Kier alpha value is 0.0400. The van der Waals surface area contributed by atoms with Crippen molar-refractivity contribution in [2.45, 2.75) is 32.4 Å². The summed E-state index contributed by atoms with van der Waals surface area (Å²) in [4.78, 5) is 0. The summed E-state index contributed by atoms with van der Waals surface area (Å²) in [6.45, 7) is 5.35. The molecule has 16 heavy (non-hydrogen) atoms. The molecule has 0 saturated carbocycles. The fraction of sp³-hybridized carbons (Fsp3) is 0.455. The maximum atomic E-state index is 9.81. The van der Waals surface area contributed by atoms with E-state index in [4.69, 9.17) is 23.2 Å². The molecule has 0 fully saturated rings. The van der Waals surface area contributed by atoms with E-state index in [0.29, 0.717) is 15.7 Å². The van der Waals surface area contributed by atoms with Gasteiger partial charge in [0, 0.05) is 4.47 Å². The molecular weight excluding hydrogens is 313 g/mol. The number of anilines is 1. The van der Waals surface area contributed by atoms with E-state index < -0.39 is 5.60 Å². The van der Waals surface area contributed by atoms with Gasteiger partial charge < -0.3 is 10.4 Å². The highest BCUT2D eigenvalue weighted by Gasteiger charge is 2.23. The van der Waals surface area contributed by atoms with Crippen LogP contribution in [-0.4, -0.2) is 16.7 Å². The first kappa shape index (κ1) is 14.1. The van der Waals surface area contributed by atoms with Gasteiger partial charge in [-0.1, -0.05) is 23.2 Å². The van der Waals surface area contributed by atoms with Crippen LogP contribution in [0.5, 0.6) is 0 Å². The second-order valence-electron chi connectivity index (χ2n) is 4.24. The largest absolute Gasteiger partial charge is 0.388 e. The molecule has 90 valence electrons. The Bertz CT molecular complexity index is 390. The second-order valence-corrected chi connectivity index (χ2v) is 5.85. The molecule has 0 radical (unpaired) electrons. The molecule has 0 spiro atoms. The molecule has 0 aromatic heterocycles. The lowest BCUT2D eigenvalue weighted by molar-refractivity contribution is 0.0649. The standard InChI is InChI=1S/C11H14BrCl2NO/c1-6(11(2,3)16)15-8-5-4-7(12)9(13)10(8)14/h4-6,15-16H,1-3H3. The summed E-state index contributed by atoms with van der Waals surface area (Å²) in [6, 6.07) is 3.50. The topological polar surface area (TPSA) is 32.3 Å². The summed E-state index contributed by atoms with van der Waals surface area (Å²) in [7, 11) is 0. The summed E-state index contributed by atoms with van der Waals surface area (Å²) in [5.41, 5.74) is -0.118. The van der Waals surface area contributed by atoms with E-state index in [2.05, 4.69) is 21.2 Å². The van der Waals surface area contributed by atoms with Crippen LogP contribution in [0.3, 0.4) is 0 Å². The van der Waals surface area contributed by atoms with E-state index in [0.717, 1.165) is 4.47 Å². The molecule has 0 aliphatic heterocycles. The number of hydrogen-bond donors (Lipinski definition) is 2. The molecular formula is C11H14BrCl2NO. The first-order valence-electron chi connectivity index (χ1n) is 4.86. The van der Waals surface area contributed by atoms with Gasteiger partial charge in [0.2, 0.25) is 0 Å². The Balaban J connectivity index is 2.95. The lowest BCUT2D eigenvalue weighted by atomic mass is 10.0. The van der Waals surface area contributed by atoms with Gasteiger partial charge in [0.05, 0.1) is 27.4 Å². The summed E-state index contributed by atoms with van der Waals surface area (Å²) in [5.74, 6) is 0. The minimum Gasteiger partial charge on any atom is -0.388 e. The molecule has 1 unspecified atom stereocenters. The molecule has 0 bridgehead atoms. The Morgan fingerprint density at radius 1 is 1.31 bits per heavy atom. The summed E-state index contributed by atoms with van der Waals surface area (Å²) < 4.78 is 0.751. The van der Waals surface area contributed by atoms with E-state index in [1.165, 1.54) is 0 Å². The highest BCUT2D eigenvalue weighted by molar-refractivity contribution is 9.10. The summed E-state index contributed by atoms with van der Waals surface area (Å²) in [6.07, 6.45) is 0. The van der Waals surface area contributed by atoms with Gasteiger partial charge in [0.15, 0.2) is 0 Å². The van der Waals surface area contributed by atoms with Gasteiger partial charge in [-0.25, -0.2) is 0 Å². The molecule has 5 heteroatoms. The van der Waals surface area contributed by atoms with Crippen LogP contribution < -0.4 is 5.32 Å². The van der Waals surface area contributed by atoms with Gasteiger partial charge in [-0.3, -0.25) is 0 Å². The number of rotatable bonds is 3. The molecule has 0 aliphatic rings. The lowest BCUT2D eigenvalue weighted by Crippen LogP contribution is -2.39. The average molecular weight is 327 g/mol. The van der Waals surface area contributed by atoms with Gasteiger partial charge in [0.1, 0.15) is 0 Å². The maximum absolute atomic E-state index is 9.81. The SMILES string of the molecule is CC(Nc1ccc(Br)c(Cl)c1Cl)C(C)(C)O. The first-order chi connectivity index (χ1) is 7.23. The molecule has 1 atom stereocenters. The van der Waals surface area contributed by atoms with Crippen LogP contribution in [0.4, 0.5) is 5.69 Å². The van der Waals surface area contributed by atoms with Crippen molar-refractivity contribution in [3.63, 3.8) is 0 Å². The predicted octanol–water partition coefficient (Wildman–Crippen LogP) is 4.33. The van der Waals surface area contributed by atoms with Gasteiger partial charge in [-0.15, -0.1) is 0 Å². The zero-order valence-corrected chi connectivity index (χ0v) is 12.4. The first-order valence-corrected chi connectivity index (χ1v) is 6.40. The molecule has 0 amide bonds. The van der Waals surface area contributed by atoms with Crippen LogP contribution in [0.1, 0.15) is 20.8 Å². The molecule has 1 rings (SSSR count). The van der Waals surface area contributed by atoms with Crippen molar-refractivity contribution in [2.24, 2.45) is 0 Å². The van der Waals surface area contributed by atoms with Crippen molar-refractivity contribution in [1.29, 1.82) is 0 Å². The summed E-state index contributed by atoms with van der Waals surface area (Å²) >= 11 is 15.4. The maximum Gasteiger partial charge on any atom is 0.0835 e. The number of aliphatic hydroxyl groups is 1. The molecule has 0 saturated heterocycles. The Morgan fingerprint density at radius 3 is 2.38 bits per heavy atom. The van der Waals surface area contributed by atoms with Crippen molar-refractivity contribution in [3.05, 3.63) is 26.7 Å². The van der Waals surface area contributed by atoms with Crippen LogP contribution in [0.2, 0.25) is 10.0 Å². The highest BCUT2D eigenvalue weighted by Crippen LogP contribution is 2.36. The smallest absolute Gasteiger partial charge is 0.0835 e. The Kier molecular flexibility index (Phi) is 4.52. The van der Waals surface area contributed by atoms with E-state index in [1.807, 2.05) is 19.1 Å². The quantitative estimate of drug-likeness (QED) is 0.810. The minimum atomic E-state index is -0.830. The van der Waals surface area contributed by atoms with Crippen molar-refractivity contribution in [3.8, 4) is 0 Å². The number of halogens is 3. The Morgan fingerprint density at radius 2 is 1.88 bits per heavy atom. The molecule has 0 aliphatic carbocycles. The van der Waals surface area contributed by atoms with E-state index in [9.17, 15) is 5.11 Å². The van der Waals surface area contributed by atoms with Crippen LogP contribution >= 0.6 is 39.1 Å². The number of benzene rings is 1. The van der Waals surface area contributed by atoms with Crippen molar-refractivity contribution >= 4 is 44.8 Å². The van der Waals surface area contributed by atoms with Crippen molar-refractivity contribution in [2.75, 3.05) is 5.32 Å². The monoisotopic (exact) mass is 325 g/mol. The van der Waals surface area contributed by atoms with Crippen LogP contribution in [0.15, 0.2) is 16.6 Å². The van der Waals surface area contributed by atoms with Gasteiger partial charge in [-0.05, 0) is 48.8 Å². The van der Waals surface area contributed by atoms with Crippen molar-refractivity contribution < 1.29 is 5.11 Å². The van der Waals surface area contributed by atoms with Crippen LogP contribution in [0.25, 0.3) is 0 Å². The lowest BCUT2D eigenvalue weighted by Gasteiger charge is -2.28. The van der Waals surface area contributed by atoms with E-state index in [1.54, 1.807) is 13.8 Å². The third-order valence-electron chi connectivity index (χ3n) is 2.47. The molecule has 2 N–H and O–H groups in total. The fourth-order valence-corrected chi connectivity index (χ4v) is 1.88. The fourth-order valence-electron chi connectivity index (χ4n) is 1.05. The Labute approximate surface area is 114 Å². The normalized spacial score (nSPS) is 13.7. The molecule has 2 nitrogen and oxygen atoms in total. The zero-order chi connectivity index (χ0) is 12.5. The van der Waals surface area contributed by atoms with Gasteiger partial charge in [0.25, 0.3) is 0 Å². The van der Waals surface area contributed by atoms with Gasteiger partial charge >= 0.3 is 0 Å². The molecule has 1 aromatic rings. The predicted molar refractivity (Wildman–Crippen MR) is 73.5 cm³/mol. The highest BCUT2D eigenvalue weighted by atomic mass is 79.9. The second kappa shape index (κ2) is 5.13. The summed E-state index contributed by atoms with van der Waals surface area (Å²) in [5, 5.41) is 13.9. The van der Waals surface area contributed by atoms with E-state index >= 15 is 0 Å².